The molecule has 118 valence electrons. The summed E-state index contributed by atoms with van der Waals surface area (Å²) in [6.45, 7) is 9.75. The highest BCUT2D eigenvalue weighted by atomic mass is 16.3. The van der Waals surface area contributed by atoms with Crippen LogP contribution in [0, 0.1) is 0 Å². The van der Waals surface area contributed by atoms with Crippen molar-refractivity contribution in [2.24, 2.45) is 5.84 Å². The third kappa shape index (κ3) is 4.64. The van der Waals surface area contributed by atoms with Crippen LogP contribution in [0.15, 0.2) is 6.20 Å². The van der Waals surface area contributed by atoms with Gasteiger partial charge in [0.2, 0.25) is 0 Å². The van der Waals surface area contributed by atoms with Crippen molar-refractivity contribution in [2.45, 2.75) is 46.1 Å². The van der Waals surface area contributed by atoms with Gasteiger partial charge < -0.3 is 15.4 Å². The van der Waals surface area contributed by atoms with E-state index in [4.69, 9.17) is 5.84 Å². The molecule has 21 heavy (non-hydrogen) atoms. The van der Waals surface area contributed by atoms with Crippen LogP contribution in [0.5, 0.6) is 0 Å². The van der Waals surface area contributed by atoms with Crippen molar-refractivity contribution < 1.29 is 9.90 Å². The Morgan fingerprint density at radius 3 is 2.57 bits per heavy atom. The highest BCUT2D eigenvalue weighted by Crippen LogP contribution is 2.18. The van der Waals surface area contributed by atoms with E-state index in [1.165, 1.54) is 11.1 Å². The molecule has 1 aromatic rings. The molecule has 0 aliphatic carbocycles. The SMILES string of the molecule is CCN(CC(C)(C)O)C(=O)c1nc(C(C)C)ncc1NN. The average Bonchev–Trinajstić information content (AvgIpc) is 2.42. The molecule has 0 aliphatic heterocycles. The predicted molar refractivity (Wildman–Crippen MR) is 81.8 cm³/mol. The lowest BCUT2D eigenvalue weighted by atomic mass is 10.1. The number of nitrogen functional groups attached to an aromatic ring is 1. The van der Waals surface area contributed by atoms with Crippen molar-refractivity contribution >= 4 is 11.6 Å². The zero-order valence-electron chi connectivity index (χ0n) is 13.3. The van der Waals surface area contributed by atoms with Gasteiger partial charge in [-0.1, -0.05) is 13.8 Å². The van der Waals surface area contributed by atoms with Crippen molar-refractivity contribution in [1.29, 1.82) is 0 Å². The maximum Gasteiger partial charge on any atom is 0.274 e. The Hall–Kier alpha value is -1.73. The number of rotatable bonds is 6. The van der Waals surface area contributed by atoms with Crippen LogP contribution in [-0.2, 0) is 0 Å². The van der Waals surface area contributed by atoms with E-state index in [9.17, 15) is 9.90 Å². The van der Waals surface area contributed by atoms with Crippen LogP contribution in [0.3, 0.4) is 0 Å². The monoisotopic (exact) mass is 295 g/mol. The molecule has 0 spiro atoms. The topological polar surface area (TPSA) is 104 Å². The third-order valence-corrected chi connectivity index (χ3v) is 2.93. The molecule has 1 rings (SSSR count). The van der Waals surface area contributed by atoms with E-state index in [0.717, 1.165) is 0 Å². The summed E-state index contributed by atoms with van der Waals surface area (Å²) in [5.41, 5.74) is 2.07. The molecule has 4 N–H and O–H groups in total. The third-order valence-electron chi connectivity index (χ3n) is 2.93. The molecule has 1 amide bonds. The van der Waals surface area contributed by atoms with E-state index in [1.54, 1.807) is 13.8 Å². The summed E-state index contributed by atoms with van der Waals surface area (Å²) < 4.78 is 0. The summed E-state index contributed by atoms with van der Waals surface area (Å²) >= 11 is 0. The Balaban J connectivity index is 3.16. The van der Waals surface area contributed by atoms with Gasteiger partial charge in [-0.2, -0.15) is 0 Å². The fraction of sp³-hybridized carbons (Fsp3) is 0.643. The maximum absolute atomic E-state index is 12.6. The number of amides is 1. The molecule has 0 aromatic carbocycles. The number of aromatic nitrogens is 2. The normalized spacial score (nSPS) is 11.6. The molecule has 0 aliphatic rings. The highest BCUT2D eigenvalue weighted by Gasteiger charge is 2.25. The van der Waals surface area contributed by atoms with Gasteiger partial charge in [0.25, 0.3) is 5.91 Å². The number of likely N-dealkylation sites (N-methyl/N-ethyl adjacent to an activating group) is 1. The predicted octanol–water partition coefficient (Wildman–Crippen LogP) is 1.12. The number of nitrogens with two attached hydrogens (primary N) is 1. The van der Waals surface area contributed by atoms with Crippen molar-refractivity contribution in [3.8, 4) is 0 Å². The first kappa shape index (κ1) is 17.3. The van der Waals surface area contributed by atoms with Crippen LogP contribution in [0.4, 0.5) is 5.69 Å². The summed E-state index contributed by atoms with van der Waals surface area (Å²) in [7, 11) is 0. The Morgan fingerprint density at radius 2 is 2.14 bits per heavy atom. The van der Waals surface area contributed by atoms with Gasteiger partial charge >= 0.3 is 0 Å². The lowest BCUT2D eigenvalue weighted by molar-refractivity contribution is 0.0312. The lowest BCUT2D eigenvalue weighted by Gasteiger charge is -2.28. The first-order valence-electron chi connectivity index (χ1n) is 7.04. The molecule has 7 heteroatoms. The van der Waals surface area contributed by atoms with E-state index in [1.807, 2.05) is 20.8 Å². The molecular formula is C14H25N5O2. The van der Waals surface area contributed by atoms with E-state index in [-0.39, 0.29) is 24.1 Å². The minimum absolute atomic E-state index is 0.104. The molecule has 0 atom stereocenters. The van der Waals surface area contributed by atoms with Crippen LogP contribution >= 0.6 is 0 Å². The van der Waals surface area contributed by atoms with Crippen LogP contribution in [-0.4, -0.2) is 44.6 Å². The first-order valence-corrected chi connectivity index (χ1v) is 7.04. The number of carbonyl (C=O) groups is 1. The number of hydrogen-bond donors (Lipinski definition) is 3. The number of nitrogens with zero attached hydrogens (tertiary/aromatic N) is 3. The molecular weight excluding hydrogens is 270 g/mol. The van der Waals surface area contributed by atoms with Gasteiger partial charge in [0.1, 0.15) is 5.82 Å². The number of anilines is 1. The number of nitrogens with one attached hydrogen (secondary N) is 1. The van der Waals surface area contributed by atoms with Crippen molar-refractivity contribution in [3.05, 3.63) is 17.7 Å². The molecule has 1 aromatic heterocycles. The zero-order valence-corrected chi connectivity index (χ0v) is 13.3. The summed E-state index contributed by atoms with van der Waals surface area (Å²) in [6, 6.07) is 0. The maximum atomic E-state index is 12.6. The lowest BCUT2D eigenvalue weighted by Crippen LogP contribution is -2.42. The van der Waals surface area contributed by atoms with Crippen LogP contribution in [0.1, 0.15) is 56.8 Å². The van der Waals surface area contributed by atoms with E-state index >= 15 is 0 Å². The van der Waals surface area contributed by atoms with Crippen LogP contribution < -0.4 is 11.3 Å². The zero-order chi connectivity index (χ0) is 16.2. The average molecular weight is 295 g/mol. The Morgan fingerprint density at radius 1 is 1.52 bits per heavy atom. The molecule has 7 nitrogen and oxygen atoms in total. The number of carbonyl (C=O) groups excluding carboxylic acids is 1. The van der Waals surface area contributed by atoms with Gasteiger partial charge in [0.15, 0.2) is 5.69 Å². The van der Waals surface area contributed by atoms with Gasteiger partial charge in [-0.05, 0) is 20.8 Å². The minimum atomic E-state index is -0.976. The van der Waals surface area contributed by atoms with E-state index in [2.05, 4.69) is 15.4 Å². The second-order valence-corrected chi connectivity index (χ2v) is 5.92. The van der Waals surface area contributed by atoms with E-state index < -0.39 is 5.60 Å². The van der Waals surface area contributed by atoms with Crippen molar-refractivity contribution in [1.82, 2.24) is 14.9 Å². The second-order valence-electron chi connectivity index (χ2n) is 5.92. The molecule has 0 radical (unpaired) electrons. The quantitative estimate of drug-likeness (QED) is 0.536. The largest absolute Gasteiger partial charge is 0.389 e. The van der Waals surface area contributed by atoms with Crippen LogP contribution in [0.2, 0.25) is 0 Å². The van der Waals surface area contributed by atoms with Gasteiger partial charge in [0, 0.05) is 19.0 Å². The fourth-order valence-corrected chi connectivity index (χ4v) is 1.89. The smallest absolute Gasteiger partial charge is 0.274 e. The van der Waals surface area contributed by atoms with Gasteiger partial charge in [-0.25, -0.2) is 9.97 Å². The molecule has 0 bridgehead atoms. The number of aliphatic hydroxyl groups is 1. The standard InChI is InChI=1S/C14H25N5O2/c1-6-19(8-14(4,5)21)13(20)11-10(18-15)7-16-12(17-11)9(2)3/h7,9,18,21H,6,8,15H2,1-5H3. The second kappa shape index (κ2) is 6.82. The molecule has 0 unspecified atom stereocenters. The minimum Gasteiger partial charge on any atom is -0.389 e. The van der Waals surface area contributed by atoms with Crippen molar-refractivity contribution in [3.63, 3.8) is 0 Å². The summed E-state index contributed by atoms with van der Waals surface area (Å²) in [6.07, 6.45) is 1.51. The number of hydrazine groups is 1. The summed E-state index contributed by atoms with van der Waals surface area (Å²) in [5, 5.41) is 9.92. The molecule has 1 heterocycles. The molecule has 0 saturated heterocycles. The number of hydrogen-bond acceptors (Lipinski definition) is 6. The first-order chi connectivity index (χ1) is 9.69. The van der Waals surface area contributed by atoms with Crippen molar-refractivity contribution in [2.75, 3.05) is 18.5 Å². The Labute approximate surface area is 125 Å². The van der Waals surface area contributed by atoms with Gasteiger partial charge in [-0.15, -0.1) is 0 Å². The van der Waals surface area contributed by atoms with Crippen LogP contribution in [0.25, 0.3) is 0 Å². The summed E-state index contributed by atoms with van der Waals surface area (Å²) in [4.78, 5) is 22.7. The van der Waals surface area contributed by atoms with E-state index in [0.29, 0.717) is 18.1 Å². The van der Waals surface area contributed by atoms with Gasteiger partial charge in [-0.3, -0.25) is 10.6 Å². The van der Waals surface area contributed by atoms with Gasteiger partial charge in [0.05, 0.1) is 17.5 Å². The Kier molecular flexibility index (Phi) is 5.62. The highest BCUT2D eigenvalue weighted by molar-refractivity contribution is 5.97. The Bertz CT molecular complexity index is 497. The summed E-state index contributed by atoms with van der Waals surface area (Å²) in [5.74, 6) is 5.84. The fourth-order valence-electron chi connectivity index (χ4n) is 1.89. The molecule has 0 fully saturated rings. The molecule has 0 saturated carbocycles.